The lowest BCUT2D eigenvalue weighted by molar-refractivity contribution is -0.385. The van der Waals surface area contributed by atoms with Crippen molar-refractivity contribution in [2.24, 2.45) is 5.41 Å². The molecule has 0 bridgehead atoms. The molecule has 11 nitrogen and oxygen atoms in total. The van der Waals surface area contributed by atoms with Crippen LogP contribution in [0.1, 0.15) is 35.3 Å². The zero-order valence-electron chi connectivity index (χ0n) is 24.7. The summed E-state index contributed by atoms with van der Waals surface area (Å²) in [5.41, 5.74) is -0.179. The highest BCUT2D eigenvalue weighted by Crippen LogP contribution is 2.29. The van der Waals surface area contributed by atoms with Gasteiger partial charge in [-0.15, -0.1) is 0 Å². The smallest absolute Gasteiger partial charge is 0.282 e. The Hall–Kier alpha value is -4.91. The molecule has 12 heteroatoms. The maximum atomic E-state index is 13.8. The third-order valence-electron chi connectivity index (χ3n) is 6.80. The lowest BCUT2D eigenvalue weighted by Gasteiger charge is -2.33. The molecule has 4 aromatic rings. The van der Waals surface area contributed by atoms with Crippen molar-refractivity contribution in [1.29, 1.82) is 0 Å². The largest absolute Gasteiger partial charge is 0.376 e. The number of rotatable bonds is 14. The van der Waals surface area contributed by atoms with E-state index in [1.807, 2.05) is 79.2 Å². The van der Waals surface area contributed by atoms with Crippen molar-refractivity contribution < 1.29 is 32.4 Å². The molecule has 0 saturated heterocycles. The van der Waals surface area contributed by atoms with Gasteiger partial charge in [0.15, 0.2) is 0 Å². The zero-order valence-corrected chi connectivity index (χ0v) is 25.5. The molecule has 0 heterocycles. The molecule has 2 N–H and O–H groups in total. The molecule has 0 spiro atoms. The molecule has 45 heavy (non-hydrogen) atoms. The monoisotopic (exact) mass is 631 g/mol. The fraction of sp³-hybridized carbons (Fsp3) is 0.212. The van der Waals surface area contributed by atoms with Crippen LogP contribution >= 0.6 is 0 Å². The number of para-hydroxylation sites is 2. The molecule has 0 aliphatic carbocycles. The summed E-state index contributed by atoms with van der Waals surface area (Å²) >= 11 is 0. The van der Waals surface area contributed by atoms with Gasteiger partial charge in [0, 0.05) is 11.5 Å². The molecule has 4 rings (SSSR count). The first kappa shape index (κ1) is 33.0. The van der Waals surface area contributed by atoms with Crippen LogP contribution in [-0.2, 0) is 37.5 Å². The molecule has 0 radical (unpaired) electrons. The number of nitro benzene ring substituents is 1. The predicted molar refractivity (Wildman–Crippen MR) is 168 cm³/mol. The highest BCUT2D eigenvalue weighted by molar-refractivity contribution is 7.90. The number of sulfonamides is 1. The molecule has 1 atom stereocenters. The molecule has 0 saturated carbocycles. The van der Waals surface area contributed by atoms with Crippen molar-refractivity contribution in [2.75, 3.05) is 11.9 Å². The number of carbonyl (C=O) groups is 2. The SMILES string of the molecule is CC(C)(COCc1ccccc1)C(OCc1ccccc1)C(=O)Nc1ccccc1S(=O)(=O)NC(=O)c1ccccc1[N+](=O)[O-]. The van der Waals surface area contributed by atoms with Crippen molar-refractivity contribution in [3.05, 3.63) is 136 Å². The summed E-state index contributed by atoms with van der Waals surface area (Å²) in [5, 5.41) is 14.0. The van der Waals surface area contributed by atoms with Gasteiger partial charge in [0.1, 0.15) is 16.6 Å². The van der Waals surface area contributed by atoms with Crippen molar-refractivity contribution in [2.45, 2.75) is 38.1 Å². The van der Waals surface area contributed by atoms with Crippen LogP contribution < -0.4 is 10.0 Å². The van der Waals surface area contributed by atoms with E-state index >= 15 is 0 Å². The second-order valence-corrected chi connectivity index (χ2v) is 12.5. The fourth-order valence-corrected chi connectivity index (χ4v) is 5.68. The number of nitro groups is 1. The van der Waals surface area contributed by atoms with Crippen molar-refractivity contribution in [3.8, 4) is 0 Å². The van der Waals surface area contributed by atoms with Gasteiger partial charge in [0.2, 0.25) is 0 Å². The van der Waals surface area contributed by atoms with E-state index in [0.29, 0.717) is 6.61 Å². The standard InChI is InChI=1S/C33H33N3O8S/c1-33(2,23-43-21-24-13-5-3-6-14-24)30(44-22-25-15-7-4-8-16-25)32(38)34-27-18-10-12-20-29(27)45(41,42)35-31(37)26-17-9-11-19-28(26)36(39)40/h3-20,30H,21-23H2,1-2H3,(H,34,38)(H,35,37). The number of ether oxygens (including phenoxy) is 2. The Morgan fingerprint density at radius 3 is 2.02 bits per heavy atom. The molecular formula is C33H33N3O8S. The number of carbonyl (C=O) groups excluding carboxylic acids is 2. The summed E-state index contributed by atoms with van der Waals surface area (Å²) < 4.78 is 40.7. The first-order valence-corrected chi connectivity index (χ1v) is 15.4. The lowest BCUT2D eigenvalue weighted by atomic mass is 9.86. The van der Waals surface area contributed by atoms with E-state index in [2.05, 4.69) is 5.32 Å². The minimum atomic E-state index is -4.59. The van der Waals surface area contributed by atoms with E-state index < -0.39 is 54.4 Å². The van der Waals surface area contributed by atoms with Gasteiger partial charge in [-0.2, -0.15) is 0 Å². The maximum absolute atomic E-state index is 13.8. The van der Waals surface area contributed by atoms with Crippen LogP contribution in [0.3, 0.4) is 0 Å². The molecule has 4 aromatic carbocycles. The van der Waals surface area contributed by atoms with Gasteiger partial charge >= 0.3 is 0 Å². The minimum absolute atomic E-state index is 0.104. The van der Waals surface area contributed by atoms with Crippen LogP contribution in [0.5, 0.6) is 0 Å². The number of amides is 2. The van der Waals surface area contributed by atoms with Crippen LogP contribution in [0.4, 0.5) is 11.4 Å². The first-order valence-electron chi connectivity index (χ1n) is 14.0. The number of hydrogen-bond acceptors (Lipinski definition) is 8. The van der Waals surface area contributed by atoms with Gasteiger partial charge in [-0.05, 0) is 29.3 Å². The Morgan fingerprint density at radius 1 is 0.822 bits per heavy atom. The number of nitrogens with one attached hydrogen (secondary N) is 2. The highest BCUT2D eigenvalue weighted by Gasteiger charge is 2.38. The zero-order chi connectivity index (χ0) is 32.5. The van der Waals surface area contributed by atoms with Crippen LogP contribution in [0, 0.1) is 15.5 Å². The van der Waals surface area contributed by atoms with E-state index in [0.717, 1.165) is 23.3 Å². The first-order chi connectivity index (χ1) is 21.5. The van der Waals surface area contributed by atoms with Crippen LogP contribution in [0.2, 0.25) is 0 Å². The molecule has 234 valence electrons. The molecule has 0 aliphatic rings. The van der Waals surface area contributed by atoms with E-state index in [1.165, 1.54) is 36.4 Å². The number of nitrogens with zero attached hydrogens (tertiary/aromatic N) is 1. The van der Waals surface area contributed by atoms with Crippen LogP contribution in [0.15, 0.2) is 114 Å². The second kappa shape index (κ2) is 14.7. The summed E-state index contributed by atoms with van der Waals surface area (Å²) in [6.07, 6.45) is -1.09. The number of anilines is 1. The maximum Gasteiger partial charge on any atom is 0.282 e. The van der Waals surface area contributed by atoms with E-state index in [9.17, 15) is 28.1 Å². The fourth-order valence-electron chi connectivity index (χ4n) is 4.55. The molecule has 0 fully saturated rings. The van der Waals surface area contributed by atoms with Gasteiger partial charge < -0.3 is 14.8 Å². The summed E-state index contributed by atoms with van der Waals surface area (Å²) in [6, 6.07) is 29.3. The van der Waals surface area contributed by atoms with Crippen molar-refractivity contribution >= 4 is 33.2 Å². The molecule has 2 amide bonds. The summed E-state index contributed by atoms with van der Waals surface area (Å²) in [5.74, 6) is -1.82. The summed E-state index contributed by atoms with van der Waals surface area (Å²) in [7, 11) is -4.59. The molecule has 1 unspecified atom stereocenters. The van der Waals surface area contributed by atoms with Gasteiger partial charge in [0.25, 0.3) is 27.5 Å². The quantitative estimate of drug-likeness (QED) is 0.137. The molecule has 0 aromatic heterocycles. The van der Waals surface area contributed by atoms with Crippen molar-refractivity contribution in [3.63, 3.8) is 0 Å². The van der Waals surface area contributed by atoms with E-state index in [4.69, 9.17) is 9.47 Å². The average Bonchev–Trinajstić information content (AvgIpc) is 3.02. The van der Waals surface area contributed by atoms with Crippen LogP contribution in [-0.4, -0.2) is 37.9 Å². The third kappa shape index (κ3) is 8.82. The normalized spacial score (nSPS) is 12.2. The predicted octanol–water partition coefficient (Wildman–Crippen LogP) is 5.48. The average molecular weight is 632 g/mol. The Labute approximate surface area is 261 Å². The van der Waals surface area contributed by atoms with Gasteiger partial charge in [-0.25, -0.2) is 13.1 Å². The highest BCUT2D eigenvalue weighted by atomic mass is 32.2. The van der Waals surface area contributed by atoms with Gasteiger partial charge in [-0.1, -0.05) is 98.8 Å². The Kier molecular flexibility index (Phi) is 10.8. The van der Waals surface area contributed by atoms with Crippen LogP contribution in [0.25, 0.3) is 0 Å². The Morgan fingerprint density at radius 2 is 1.38 bits per heavy atom. The van der Waals surface area contributed by atoms with E-state index in [1.54, 1.807) is 0 Å². The Bertz CT molecular complexity index is 1750. The van der Waals surface area contributed by atoms with E-state index in [-0.39, 0.29) is 18.9 Å². The topological polar surface area (TPSA) is 154 Å². The Balaban J connectivity index is 1.56. The van der Waals surface area contributed by atoms with Gasteiger partial charge in [-0.3, -0.25) is 19.7 Å². The number of hydrogen-bond donors (Lipinski definition) is 2. The van der Waals surface area contributed by atoms with Crippen molar-refractivity contribution in [1.82, 2.24) is 4.72 Å². The summed E-state index contributed by atoms with van der Waals surface area (Å²) in [4.78, 5) is 36.8. The molecular weight excluding hydrogens is 598 g/mol. The van der Waals surface area contributed by atoms with Gasteiger partial charge in [0.05, 0.1) is 30.4 Å². The lowest BCUT2D eigenvalue weighted by Crippen LogP contribution is -2.45. The third-order valence-corrected chi connectivity index (χ3v) is 8.19. The number of benzene rings is 4. The molecule has 0 aliphatic heterocycles. The second-order valence-electron chi connectivity index (χ2n) is 10.8. The summed E-state index contributed by atoms with van der Waals surface area (Å²) in [6.45, 7) is 4.18. The minimum Gasteiger partial charge on any atom is -0.376 e.